The molecule has 0 saturated carbocycles. The van der Waals surface area contributed by atoms with Crippen molar-refractivity contribution >= 4 is 17.5 Å². The van der Waals surface area contributed by atoms with Gasteiger partial charge >= 0.3 is 0 Å². The summed E-state index contributed by atoms with van der Waals surface area (Å²) < 4.78 is 1.45. The highest BCUT2D eigenvalue weighted by Gasteiger charge is 2.11. The number of rotatable bonds is 5. The molecule has 1 aromatic heterocycles. The number of hydrogen-bond acceptors (Lipinski definition) is 2. The zero-order valence-corrected chi connectivity index (χ0v) is 14.2. The van der Waals surface area contributed by atoms with E-state index in [1.807, 2.05) is 60.7 Å². The van der Waals surface area contributed by atoms with Crippen LogP contribution in [0.2, 0.25) is 5.02 Å². The molecule has 3 aromatic rings. The molecule has 0 saturated heterocycles. The van der Waals surface area contributed by atoms with Gasteiger partial charge in [-0.05, 0) is 17.2 Å². The lowest BCUT2D eigenvalue weighted by Gasteiger charge is -2.10. The Morgan fingerprint density at radius 1 is 0.960 bits per heavy atom. The highest BCUT2D eigenvalue weighted by molar-refractivity contribution is 6.30. The summed E-state index contributed by atoms with van der Waals surface area (Å²) in [5.41, 5.74) is 2.00. The largest absolute Gasteiger partial charge is 0.348 e. The number of nitrogens with one attached hydrogen (secondary N) is 1. The van der Waals surface area contributed by atoms with Crippen LogP contribution in [-0.4, -0.2) is 10.5 Å². The summed E-state index contributed by atoms with van der Waals surface area (Å²) in [7, 11) is 0. The molecule has 0 aliphatic rings. The van der Waals surface area contributed by atoms with E-state index in [1.54, 1.807) is 6.20 Å². The van der Waals surface area contributed by atoms with Crippen LogP contribution in [0.25, 0.3) is 0 Å². The maximum absolute atomic E-state index is 12.4. The Kier molecular flexibility index (Phi) is 5.31. The molecule has 0 unspecified atom stereocenters. The van der Waals surface area contributed by atoms with Crippen molar-refractivity contribution in [3.63, 3.8) is 0 Å². The molecule has 3 rings (SSSR count). The number of aromatic nitrogens is 1. The quantitative estimate of drug-likeness (QED) is 0.764. The smallest absolute Gasteiger partial charge is 0.269 e. The summed E-state index contributed by atoms with van der Waals surface area (Å²) in [5.74, 6) is -0.271. The van der Waals surface area contributed by atoms with Crippen LogP contribution in [0.4, 0.5) is 0 Å². The van der Waals surface area contributed by atoms with Crippen molar-refractivity contribution in [3.05, 3.63) is 105 Å². The number of carbonyl (C=O) groups excluding carboxylic acids is 1. The monoisotopic (exact) mass is 352 g/mol. The van der Waals surface area contributed by atoms with E-state index in [0.717, 1.165) is 11.1 Å². The topological polar surface area (TPSA) is 51.1 Å². The summed E-state index contributed by atoms with van der Waals surface area (Å²) in [6, 6.07) is 20.6. The SMILES string of the molecule is O=C(NCc1ccccc1)c1cc(Cl)c(=O)n(Cc2ccccc2)c1. The first-order valence-electron chi connectivity index (χ1n) is 7.89. The van der Waals surface area contributed by atoms with Gasteiger partial charge in [0.15, 0.2) is 0 Å². The molecule has 126 valence electrons. The highest BCUT2D eigenvalue weighted by atomic mass is 35.5. The van der Waals surface area contributed by atoms with Crippen molar-refractivity contribution in [1.29, 1.82) is 0 Å². The Hall–Kier alpha value is -2.85. The van der Waals surface area contributed by atoms with Gasteiger partial charge in [0.2, 0.25) is 0 Å². The molecule has 1 amide bonds. The second-order valence-electron chi connectivity index (χ2n) is 5.66. The van der Waals surface area contributed by atoms with Crippen LogP contribution in [0.1, 0.15) is 21.5 Å². The van der Waals surface area contributed by atoms with Crippen molar-refractivity contribution < 1.29 is 4.79 Å². The normalized spacial score (nSPS) is 10.4. The van der Waals surface area contributed by atoms with Gasteiger partial charge in [-0.15, -0.1) is 0 Å². The van der Waals surface area contributed by atoms with Crippen molar-refractivity contribution in [2.45, 2.75) is 13.1 Å². The molecule has 0 radical (unpaired) electrons. The molecule has 0 fully saturated rings. The molecular weight excluding hydrogens is 336 g/mol. The number of carbonyl (C=O) groups is 1. The van der Waals surface area contributed by atoms with Crippen molar-refractivity contribution in [3.8, 4) is 0 Å². The lowest BCUT2D eigenvalue weighted by molar-refractivity contribution is 0.0950. The standard InChI is InChI=1S/C20H17ClN2O2/c21-18-11-17(19(24)22-12-15-7-3-1-4-8-15)14-23(20(18)25)13-16-9-5-2-6-10-16/h1-11,14H,12-13H2,(H,22,24). The lowest BCUT2D eigenvalue weighted by atomic mass is 10.2. The van der Waals surface area contributed by atoms with E-state index in [-0.39, 0.29) is 16.5 Å². The first kappa shape index (κ1) is 17.0. The first-order valence-corrected chi connectivity index (χ1v) is 8.27. The van der Waals surface area contributed by atoms with Gasteiger partial charge in [0, 0.05) is 12.7 Å². The third-order valence-electron chi connectivity index (χ3n) is 3.80. The lowest BCUT2D eigenvalue weighted by Crippen LogP contribution is -2.27. The van der Waals surface area contributed by atoms with Crippen LogP contribution in [0.3, 0.4) is 0 Å². The Morgan fingerprint density at radius 3 is 2.20 bits per heavy atom. The second kappa shape index (κ2) is 7.81. The average molecular weight is 353 g/mol. The molecule has 0 atom stereocenters. The Bertz CT molecular complexity index is 921. The van der Waals surface area contributed by atoms with E-state index >= 15 is 0 Å². The van der Waals surface area contributed by atoms with E-state index in [4.69, 9.17) is 11.6 Å². The third-order valence-corrected chi connectivity index (χ3v) is 4.07. The van der Waals surface area contributed by atoms with Crippen LogP contribution in [0.15, 0.2) is 77.7 Å². The van der Waals surface area contributed by atoms with Gasteiger partial charge in [-0.2, -0.15) is 0 Å². The summed E-state index contributed by atoms with van der Waals surface area (Å²) in [6.45, 7) is 0.772. The number of pyridine rings is 1. The third kappa shape index (κ3) is 4.37. The Balaban J connectivity index is 1.79. The molecule has 2 aromatic carbocycles. The summed E-state index contributed by atoms with van der Waals surface area (Å²) in [5, 5.41) is 2.87. The zero-order chi connectivity index (χ0) is 17.6. The molecule has 1 heterocycles. The van der Waals surface area contributed by atoms with Gasteiger partial charge in [-0.3, -0.25) is 9.59 Å². The molecular formula is C20H17ClN2O2. The molecule has 4 nitrogen and oxygen atoms in total. The van der Waals surface area contributed by atoms with Crippen LogP contribution in [-0.2, 0) is 13.1 Å². The fourth-order valence-electron chi connectivity index (χ4n) is 2.50. The second-order valence-corrected chi connectivity index (χ2v) is 6.07. The van der Waals surface area contributed by atoms with Gasteiger partial charge in [0.05, 0.1) is 12.1 Å². The Morgan fingerprint density at radius 2 is 1.56 bits per heavy atom. The molecule has 0 spiro atoms. The van der Waals surface area contributed by atoms with E-state index < -0.39 is 0 Å². The van der Waals surface area contributed by atoms with Gasteiger partial charge < -0.3 is 9.88 Å². The number of nitrogens with zero attached hydrogens (tertiary/aromatic N) is 1. The molecule has 25 heavy (non-hydrogen) atoms. The Labute approximate surface area is 150 Å². The van der Waals surface area contributed by atoms with Crippen molar-refractivity contribution in [2.24, 2.45) is 0 Å². The predicted octanol–water partition coefficient (Wildman–Crippen LogP) is 3.48. The van der Waals surface area contributed by atoms with Crippen molar-refractivity contribution in [2.75, 3.05) is 0 Å². The zero-order valence-electron chi connectivity index (χ0n) is 13.5. The summed E-state index contributed by atoms with van der Waals surface area (Å²) in [4.78, 5) is 24.6. The molecule has 5 heteroatoms. The van der Waals surface area contributed by atoms with Crippen molar-refractivity contribution in [1.82, 2.24) is 9.88 Å². The fourth-order valence-corrected chi connectivity index (χ4v) is 2.73. The number of halogens is 1. The van der Waals surface area contributed by atoms with Gasteiger partial charge in [0.25, 0.3) is 11.5 Å². The van der Waals surface area contributed by atoms with Crippen LogP contribution in [0, 0.1) is 0 Å². The minimum atomic E-state index is -0.315. The fraction of sp³-hybridized carbons (Fsp3) is 0.100. The van der Waals surface area contributed by atoms with E-state index in [0.29, 0.717) is 18.7 Å². The van der Waals surface area contributed by atoms with Crippen LogP contribution >= 0.6 is 11.6 Å². The summed E-state index contributed by atoms with van der Waals surface area (Å²) >= 11 is 6.03. The van der Waals surface area contributed by atoms with Gasteiger partial charge in [0.1, 0.15) is 5.02 Å². The van der Waals surface area contributed by atoms with E-state index in [1.165, 1.54) is 10.6 Å². The molecule has 0 aliphatic carbocycles. The molecule has 0 bridgehead atoms. The minimum absolute atomic E-state index is 0.0308. The first-order chi connectivity index (χ1) is 12.1. The van der Waals surface area contributed by atoms with E-state index in [9.17, 15) is 9.59 Å². The summed E-state index contributed by atoms with van der Waals surface area (Å²) in [6.07, 6.45) is 1.54. The van der Waals surface area contributed by atoms with Gasteiger partial charge in [-0.1, -0.05) is 72.3 Å². The number of amides is 1. The number of benzene rings is 2. The maximum Gasteiger partial charge on any atom is 0.269 e. The molecule has 1 N–H and O–H groups in total. The highest BCUT2D eigenvalue weighted by Crippen LogP contribution is 2.09. The van der Waals surface area contributed by atoms with Crippen LogP contribution in [0.5, 0.6) is 0 Å². The predicted molar refractivity (Wildman–Crippen MR) is 98.9 cm³/mol. The van der Waals surface area contributed by atoms with E-state index in [2.05, 4.69) is 5.32 Å². The number of hydrogen-bond donors (Lipinski definition) is 1. The van der Waals surface area contributed by atoms with Gasteiger partial charge in [-0.25, -0.2) is 0 Å². The van der Waals surface area contributed by atoms with Crippen LogP contribution < -0.4 is 10.9 Å². The maximum atomic E-state index is 12.4. The minimum Gasteiger partial charge on any atom is -0.348 e. The average Bonchev–Trinajstić information content (AvgIpc) is 2.65. The molecule has 0 aliphatic heterocycles.